The van der Waals surface area contributed by atoms with Crippen LogP contribution in [0.2, 0.25) is 0 Å². The van der Waals surface area contributed by atoms with Crippen molar-refractivity contribution >= 4 is 5.97 Å². The molecule has 3 nitrogen and oxygen atoms in total. The first-order valence-corrected chi connectivity index (χ1v) is 6.73. The van der Waals surface area contributed by atoms with Gasteiger partial charge < -0.3 is 10.1 Å². The molecule has 0 amide bonds. The minimum absolute atomic E-state index is 0.0572. The Kier molecular flexibility index (Phi) is 3.33. The Balaban J connectivity index is 1.44. The normalized spacial score (nSPS) is 29.4. The third-order valence-corrected chi connectivity index (χ3v) is 4.07. The number of carbonyl (C=O) groups excluding carboxylic acids is 1. The molecule has 1 saturated heterocycles. The Morgan fingerprint density at radius 2 is 2.11 bits per heavy atom. The highest BCUT2D eigenvalue weighted by Crippen LogP contribution is 2.47. The average Bonchev–Trinajstić information content (AvgIpc) is 3.18. The summed E-state index contributed by atoms with van der Waals surface area (Å²) in [4.78, 5) is 11.8. The number of hydrogen-bond donors (Lipinski definition) is 1. The summed E-state index contributed by atoms with van der Waals surface area (Å²) in [7, 11) is 0. The lowest BCUT2D eigenvalue weighted by molar-refractivity contribution is -0.146. The van der Waals surface area contributed by atoms with Gasteiger partial charge in [0.25, 0.3) is 0 Å². The largest absolute Gasteiger partial charge is 0.461 e. The van der Waals surface area contributed by atoms with Crippen LogP contribution in [0.25, 0.3) is 0 Å². The van der Waals surface area contributed by atoms with Gasteiger partial charge >= 0.3 is 5.97 Å². The molecule has 0 spiro atoms. The van der Waals surface area contributed by atoms with Gasteiger partial charge in [0.05, 0.1) is 0 Å². The number of esters is 1. The van der Waals surface area contributed by atoms with Crippen LogP contribution >= 0.6 is 0 Å². The lowest BCUT2D eigenvalue weighted by Gasteiger charge is -2.21. The van der Waals surface area contributed by atoms with Crippen molar-refractivity contribution in [1.29, 1.82) is 0 Å². The third-order valence-electron chi connectivity index (χ3n) is 4.07. The minimum atomic E-state index is -0.0572. The smallest absolute Gasteiger partial charge is 0.306 e. The third kappa shape index (κ3) is 2.72. The van der Waals surface area contributed by atoms with Crippen LogP contribution in [0.15, 0.2) is 30.3 Å². The van der Waals surface area contributed by atoms with Gasteiger partial charge in [-0.1, -0.05) is 30.3 Å². The standard InChI is InChI=1S/C15H19NO2/c17-15(18-10-11-4-2-1-3-5-11)7-13-9-16-8-12-6-14(12)13/h1-5,12-14,16H,6-10H2/t12-,13+,14-/m1/s1. The molecular weight excluding hydrogens is 226 g/mol. The molecule has 1 aromatic rings. The van der Waals surface area contributed by atoms with Gasteiger partial charge in [-0.05, 0) is 42.8 Å². The summed E-state index contributed by atoms with van der Waals surface area (Å²) >= 11 is 0. The first-order chi connectivity index (χ1) is 8.83. The maximum Gasteiger partial charge on any atom is 0.306 e. The molecule has 3 rings (SSSR count). The van der Waals surface area contributed by atoms with Crippen molar-refractivity contribution in [1.82, 2.24) is 5.32 Å². The summed E-state index contributed by atoms with van der Waals surface area (Å²) in [5.41, 5.74) is 1.05. The van der Waals surface area contributed by atoms with Gasteiger partial charge in [-0.3, -0.25) is 4.79 Å². The topological polar surface area (TPSA) is 38.3 Å². The van der Waals surface area contributed by atoms with Crippen LogP contribution in [0.4, 0.5) is 0 Å². The maximum absolute atomic E-state index is 11.8. The number of piperidine rings is 1. The molecule has 1 aliphatic heterocycles. The number of benzene rings is 1. The van der Waals surface area contributed by atoms with E-state index in [9.17, 15) is 4.79 Å². The fraction of sp³-hybridized carbons (Fsp3) is 0.533. The molecule has 0 radical (unpaired) electrons. The number of fused-ring (bicyclic) bond motifs is 1. The van der Waals surface area contributed by atoms with Crippen LogP contribution in [0.1, 0.15) is 18.4 Å². The second kappa shape index (κ2) is 5.11. The van der Waals surface area contributed by atoms with Gasteiger partial charge in [-0.15, -0.1) is 0 Å². The fourth-order valence-corrected chi connectivity index (χ4v) is 2.92. The molecule has 1 saturated carbocycles. The lowest BCUT2D eigenvalue weighted by Crippen LogP contribution is -2.33. The van der Waals surface area contributed by atoms with Crippen LogP contribution in [-0.4, -0.2) is 19.1 Å². The van der Waals surface area contributed by atoms with Crippen LogP contribution < -0.4 is 5.32 Å². The van der Waals surface area contributed by atoms with E-state index in [0.717, 1.165) is 30.5 Å². The van der Waals surface area contributed by atoms with E-state index < -0.39 is 0 Å². The summed E-state index contributed by atoms with van der Waals surface area (Å²) in [5, 5.41) is 3.40. The Bertz CT molecular complexity index is 418. The molecule has 2 aliphatic rings. The van der Waals surface area contributed by atoms with Crippen molar-refractivity contribution < 1.29 is 9.53 Å². The number of hydrogen-bond acceptors (Lipinski definition) is 3. The fourth-order valence-electron chi connectivity index (χ4n) is 2.92. The summed E-state index contributed by atoms with van der Waals surface area (Å²) in [6.07, 6.45) is 1.87. The van der Waals surface area contributed by atoms with E-state index in [0.29, 0.717) is 18.9 Å². The minimum Gasteiger partial charge on any atom is -0.461 e. The lowest BCUT2D eigenvalue weighted by atomic mass is 9.95. The first-order valence-electron chi connectivity index (χ1n) is 6.73. The molecule has 18 heavy (non-hydrogen) atoms. The van der Waals surface area contributed by atoms with Gasteiger partial charge in [0.2, 0.25) is 0 Å². The monoisotopic (exact) mass is 245 g/mol. The van der Waals surface area contributed by atoms with Gasteiger partial charge in [0.1, 0.15) is 6.61 Å². The highest BCUT2D eigenvalue weighted by Gasteiger charge is 2.45. The van der Waals surface area contributed by atoms with E-state index in [1.165, 1.54) is 6.42 Å². The highest BCUT2D eigenvalue weighted by atomic mass is 16.5. The molecule has 2 fully saturated rings. The van der Waals surface area contributed by atoms with E-state index in [-0.39, 0.29) is 5.97 Å². The zero-order chi connectivity index (χ0) is 12.4. The quantitative estimate of drug-likeness (QED) is 0.824. The molecule has 96 valence electrons. The van der Waals surface area contributed by atoms with Gasteiger partial charge in [-0.25, -0.2) is 0 Å². The van der Waals surface area contributed by atoms with Crippen molar-refractivity contribution in [3.05, 3.63) is 35.9 Å². The number of nitrogens with one attached hydrogen (secondary N) is 1. The molecule has 1 heterocycles. The Labute approximate surface area is 108 Å². The summed E-state index contributed by atoms with van der Waals surface area (Å²) in [6.45, 7) is 2.51. The zero-order valence-electron chi connectivity index (χ0n) is 10.5. The maximum atomic E-state index is 11.8. The van der Waals surface area contributed by atoms with Crippen molar-refractivity contribution in [3.63, 3.8) is 0 Å². The summed E-state index contributed by atoms with van der Waals surface area (Å²) in [6, 6.07) is 9.84. The van der Waals surface area contributed by atoms with E-state index in [2.05, 4.69) is 5.32 Å². The van der Waals surface area contributed by atoms with Crippen molar-refractivity contribution in [2.24, 2.45) is 17.8 Å². The predicted molar refractivity (Wildman–Crippen MR) is 68.8 cm³/mol. The number of rotatable bonds is 4. The molecule has 0 aromatic heterocycles. The number of carbonyl (C=O) groups is 1. The van der Waals surface area contributed by atoms with E-state index >= 15 is 0 Å². The van der Waals surface area contributed by atoms with Gasteiger partial charge in [0, 0.05) is 6.42 Å². The van der Waals surface area contributed by atoms with Gasteiger partial charge in [0.15, 0.2) is 0 Å². The molecule has 1 aromatic carbocycles. The Morgan fingerprint density at radius 3 is 2.94 bits per heavy atom. The predicted octanol–water partition coefficient (Wildman–Crippen LogP) is 1.98. The Hall–Kier alpha value is -1.35. The molecule has 0 unspecified atom stereocenters. The molecule has 1 aliphatic carbocycles. The van der Waals surface area contributed by atoms with E-state index in [4.69, 9.17) is 4.74 Å². The van der Waals surface area contributed by atoms with Crippen LogP contribution in [-0.2, 0) is 16.1 Å². The molecular formula is C15H19NO2. The van der Waals surface area contributed by atoms with E-state index in [1.54, 1.807) is 0 Å². The first kappa shape index (κ1) is 11.7. The SMILES string of the molecule is O=C(C[C@H]1CNC[C@H]2C[C@@H]12)OCc1ccccc1. The second-order valence-corrected chi connectivity index (χ2v) is 5.43. The summed E-state index contributed by atoms with van der Waals surface area (Å²) < 4.78 is 5.33. The Morgan fingerprint density at radius 1 is 1.28 bits per heavy atom. The molecule has 0 bridgehead atoms. The van der Waals surface area contributed by atoms with Gasteiger partial charge in [-0.2, -0.15) is 0 Å². The van der Waals surface area contributed by atoms with Crippen LogP contribution in [0, 0.1) is 17.8 Å². The highest BCUT2D eigenvalue weighted by molar-refractivity contribution is 5.69. The van der Waals surface area contributed by atoms with Crippen LogP contribution in [0.5, 0.6) is 0 Å². The summed E-state index contributed by atoms with van der Waals surface area (Å²) in [5.74, 6) is 2.03. The van der Waals surface area contributed by atoms with Crippen molar-refractivity contribution in [2.75, 3.05) is 13.1 Å². The molecule has 3 atom stereocenters. The molecule has 1 N–H and O–H groups in total. The second-order valence-electron chi connectivity index (χ2n) is 5.43. The van der Waals surface area contributed by atoms with Crippen molar-refractivity contribution in [3.8, 4) is 0 Å². The van der Waals surface area contributed by atoms with Crippen LogP contribution in [0.3, 0.4) is 0 Å². The van der Waals surface area contributed by atoms with E-state index in [1.807, 2.05) is 30.3 Å². The zero-order valence-corrected chi connectivity index (χ0v) is 10.5. The van der Waals surface area contributed by atoms with Crippen molar-refractivity contribution in [2.45, 2.75) is 19.4 Å². The average molecular weight is 245 g/mol. The molecule has 3 heteroatoms. The number of ether oxygens (including phenoxy) is 1.